The van der Waals surface area contributed by atoms with E-state index >= 15 is 0 Å². The highest BCUT2D eigenvalue weighted by molar-refractivity contribution is 14.1. The van der Waals surface area contributed by atoms with E-state index in [9.17, 15) is 9.59 Å². The Kier molecular flexibility index (Phi) is 6.54. The summed E-state index contributed by atoms with van der Waals surface area (Å²) in [5.41, 5.74) is 0.334. The van der Waals surface area contributed by atoms with Crippen LogP contribution in [0.25, 0.3) is 0 Å². The highest BCUT2D eigenvalue weighted by Crippen LogP contribution is 2.28. The number of hydrogen-bond donors (Lipinski definition) is 2. The van der Waals surface area contributed by atoms with Crippen LogP contribution in [-0.2, 0) is 4.79 Å². The van der Waals surface area contributed by atoms with Gasteiger partial charge in [-0.1, -0.05) is 18.5 Å². The molecule has 1 unspecified atom stereocenters. The Labute approximate surface area is 135 Å². The highest BCUT2D eigenvalue weighted by Gasteiger charge is 2.16. The molecule has 1 rings (SSSR count). The van der Waals surface area contributed by atoms with Gasteiger partial charge >= 0.3 is 5.97 Å². The van der Waals surface area contributed by atoms with E-state index in [2.05, 4.69) is 5.32 Å². The summed E-state index contributed by atoms with van der Waals surface area (Å²) in [6.45, 7) is 2.03. The summed E-state index contributed by atoms with van der Waals surface area (Å²) in [6, 6.07) is 3.22. The van der Waals surface area contributed by atoms with Crippen LogP contribution < -0.4 is 10.1 Å². The maximum absolute atomic E-state index is 12.1. The van der Waals surface area contributed by atoms with Crippen LogP contribution in [0.4, 0.5) is 0 Å². The Hall–Kier alpha value is -1.02. The van der Waals surface area contributed by atoms with Crippen LogP contribution in [0.2, 0.25) is 5.02 Å². The molecule has 0 bridgehead atoms. The van der Waals surface area contributed by atoms with Crippen molar-refractivity contribution in [3.05, 3.63) is 26.3 Å². The molecule has 0 aliphatic heterocycles. The van der Waals surface area contributed by atoms with Gasteiger partial charge in [0.05, 0.1) is 17.7 Å². The Morgan fingerprint density at radius 3 is 2.70 bits per heavy atom. The molecule has 0 fully saturated rings. The predicted octanol–water partition coefficient (Wildman–Crippen LogP) is 2.79. The lowest BCUT2D eigenvalue weighted by Crippen LogP contribution is -2.29. The Balaban J connectivity index is 2.77. The molecule has 7 heteroatoms. The SMILES string of the molecule is COc1cc(I)c(Cl)cc1C(=O)NCC(C)CC(=O)O. The molecule has 110 valence electrons. The Bertz CT molecular complexity index is 521. The van der Waals surface area contributed by atoms with Gasteiger partial charge in [-0.15, -0.1) is 0 Å². The van der Waals surface area contributed by atoms with Crippen LogP contribution in [0, 0.1) is 9.49 Å². The van der Waals surface area contributed by atoms with Gasteiger partial charge in [0.2, 0.25) is 0 Å². The number of rotatable bonds is 6. The number of ether oxygens (including phenoxy) is 1. The van der Waals surface area contributed by atoms with Gasteiger partial charge in [0.25, 0.3) is 5.91 Å². The minimum Gasteiger partial charge on any atom is -0.496 e. The zero-order valence-electron chi connectivity index (χ0n) is 11.1. The standard InChI is InChI=1S/C13H15ClINO4/c1-7(3-12(17)18)6-16-13(19)8-4-9(14)10(15)5-11(8)20-2/h4-5,7H,3,6H2,1-2H3,(H,16,19)(H,17,18). The van der Waals surface area contributed by atoms with Gasteiger partial charge < -0.3 is 15.2 Å². The molecule has 1 aromatic rings. The maximum Gasteiger partial charge on any atom is 0.303 e. The summed E-state index contributed by atoms with van der Waals surface area (Å²) in [7, 11) is 1.48. The van der Waals surface area contributed by atoms with E-state index in [-0.39, 0.29) is 24.8 Å². The molecule has 0 aromatic heterocycles. The lowest BCUT2D eigenvalue weighted by atomic mass is 10.1. The fourth-order valence-corrected chi connectivity index (χ4v) is 2.21. The molecule has 1 aromatic carbocycles. The first kappa shape index (κ1) is 17.0. The number of benzene rings is 1. The van der Waals surface area contributed by atoms with Crippen LogP contribution >= 0.6 is 34.2 Å². The Morgan fingerprint density at radius 2 is 2.15 bits per heavy atom. The Morgan fingerprint density at radius 1 is 1.50 bits per heavy atom. The summed E-state index contributed by atoms with van der Waals surface area (Å²) in [5, 5.41) is 11.8. The molecule has 0 spiro atoms. The largest absolute Gasteiger partial charge is 0.496 e. The number of amides is 1. The molecule has 5 nitrogen and oxygen atoms in total. The molecule has 0 radical (unpaired) electrons. The van der Waals surface area contributed by atoms with E-state index in [0.29, 0.717) is 16.3 Å². The lowest BCUT2D eigenvalue weighted by molar-refractivity contribution is -0.137. The van der Waals surface area contributed by atoms with Crippen molar-refractivity contribution in [2.45, 2.75) is 13.3 Å². The van der Waals surface area contributed by atoms with Gasteiger partial charge in [0, 0.05) is 16.5 Å². The van der Waals surface area contributed by atoms with Crippen LogP contribution in [0.3, 0.4) is 0 Å². The highest BCUT2D eigenvalue weighted by atomic mass is 127. The normalized spacial score (nSPS) is 11.8. The third kappa shape index (κ3) is 4.82. The number of aliphatic carboxylic acids is 1. The number of carbonyl (C=O) groups excluding carboxylic acids is 1. The van der Waals surface area contributed by atoms with Gasteiger partial charge in [-0.2, -0.15) is 0 Å². The number of hydrogen-bond acceptors (Lipinski definition) is 3. The zero-order valence-corrected chi connectivity index (χ0v) is 14.0. The second-order valence-electron chi connectivity index (χ2n) is 4.38. The average molecular weight is 412 g/mol. The summed E-state index contributed by atoms with van der Waals surface area (Å²) in [6.07, 6.45) is 0.00482. The molecule has 0 saturated carbocycles. The number of halogens is 2. The molecule has 0 saturated heterocycles. The number of methoxy groups -OCH3 is 1. The van der Waals surface area contributed by atoms with Gasteiger partial charge in [-0.3, -0.25) is 9.59 Å². The fraction of sp³-hybridized carbons (Fsp3) is 0.385. The van der Waals surface area contributed by atoms with Crippen LogP contribution in [0.5, 0.6) is 5.75 Å². The van der Waals surface area contributed by atoms with E-state index in [1.54, 1.807) is 19.1 Å². The van der Waals surface area contributed by atoms with Gasteiger partial charge in [-0.05, 0) is 40.6 Å². The quantitative estimate of drug-likeness (QED) is 0.706. The first-order valence-electron chi connectivity index (χ1n) is 5.88. The number of nitrogens with one attached hydrogen (secondary N) is 1. The van der Waals surface area contributed by atoms with Crippen molar-refractivity contribution < 1.29 is 19.4 Å². The van der Waals surface area contributed by atoms with Crippen molar-refractivity contribution in [2.75, 3.05) is 13.7 Å². The van der Waals surface area contributed by atoms with Gasteiger partial charge in [-0.25, -0.2) is 0 Å². The van der Waals surface area contributed by atoms with E-state index in [1.165, 1.54) is 7.11 Å². The maximum atomic E-state index is 12.1. The fourth-order valence-electron chi connectivity index (χ4n) is 1.61. The van der Waals surface area contributed by atoms with Crippen molar-refractivity contribution in [2.24, 2.45) is 5.92 Å². The molecule has 2 N–H and O–H groups in total. The van der Waals surface area contributed by atoms with Crippen LogP contribution in [-0.4, -0.2) is 30.6 Å². The van der Waals surface area contributed by atoms with Crippen molar-refractivity contribution in [1.82, 2.24) is 5.32 Å². The lowest BCUT2D eigenvalue weighted by Gasteiger charge is -2.13. The summed E-state index contributed by atoms with van der Waals surface area (Å²) < 4.78 is 5.94. The summed E-state index contributed by atoms with van der Waals surface area (Å²) in [4.78, 5) is 22.6. The molecule has 1 atom stereocenters. The van der Waals surface area contributed by atoms with Crippen LogP contribution in [0.15, 0.2) is 12.1 Å². The predicted molar refractivity (Wildman–Crippen MR) is 84.5 cm³/mol. The first-order chi connectivity index (χ1) is 9.35. The minimum atomic E-state index is -0.887. The van der Waals surface area contributed by atoms with Crippen molar-refractivity contribution >= 4 is 46.1 Å². The van der Waals surface area contributed by atoms with Crippen LogP contribution in [0.1, 0.15) is 23.7 Å². The molecule has 1 amide bonds. The van der Waals surface area contributed by atoms with Gasteiger partial charge in [0.15, 0.2) is 0 Å². The van der Waals surface area contributed by atoms with E-state index in [1.807, 2.05) is 22.6 Å². The second-order valence-corrected chi connectivity index (χ2v) is 5.95. The second kappa shape index (κ2) is 7.68. The van der Waals surface area contributed by atoms with Crippen molar-refractivity contribution in [1.29, 1.82) is 0 Å². The topological polar surface area (TPSA) is 75.6 Å². The van der Waals surface area contributed by atoms with E-state index < -0.39 is 5.97 Å². The number of carboxylic acids is 1. The van der Waals surface area contributed by atoms with E-state index in [0.717, 1.165) is 3.57 Å². The number of carboxylic acid groups (broad SMARTS) is 1. The average Bonchev–Trinajstić information content (AvgIpc) is 2.37. The number of carbonyl (C=O) groups is 2. The van der Waals surface area contributed by atoms with E-state index in [4.69, 9.17) is 21.4 Å². The van der Waals surface area contributed by atoms with Crippen molar-refractivity contribution in [3.8, 4) is 5.75 Å². The summed E-state index contributed by atoms with van der Waals surface area (Å²) in [5.74, 6) is -0.942. The monoisotopic (exact) mass is 411 g/mol. The van der Waals surface area contributed by atoms with Gasteiger partial charge in [0.1, 0.15) is 5.75 Å². The third-order valence-electron chi connectivity index (χ3n) is 2.62. The summed E-state index contributed by atoms with van der Waals surface area (Å²) >= 11 is 8.05. The minimum absolute atomic E-state index is 0.00482. The molecule has 0 aliphatic carbocycles. The third-order valence-corrected chi connectivity index (χ3v) is 4.15. The van der Waals surface area contributed by atoms with Crippen molar-refractivity contribution in [3.63, 3.8) is 0 Å². The molecular formula is C13H15ClINO4. The zero-order chi connectivity index (χ0) is 15.3. The molecule has 0 heterocycles. The smallest absolute Gasteiger partial charge is 0.303 e. The molecule has 0 aliphatic rings. The molecule has 20 heavy (non-hydrogen) atoms. The molecular weight excluding hydrogens is 397 g/mol. The first-order valence-corrected chi connectivity index (χ1v) is 7.33.